The molecule has 2 aromatic rings. The molecule has 19 heavy (non-hydrogen) atoms. The van der Waals surface area contributed by atoms with E-state index in [-0.39, 0.29) is 0 Å². The lowest BCUT2D eigenvalue weighted by Crippen LogP contribution is -2.32. The molecule has 0 saturated carbocycles. The van der Waals surface area contributed by atoms with Crippen molar-refractivity contribution in [2.45, 2.75) is 39.3 Å². The molecule has 1 aliphatic rings. The fraction of sp³-hybridized carbons (Fsp3) is 0.333. The number of nitrogens with one attached hydrogen (secondary N) is 1. The van der Waals surface area contributed by atoms with Gasteiger partial charge in [0, 0.05) is 18.5 Å². The van der Waals surface area contributed by atoms with Crippen LogP contribution < -0.4 is 5.32 Å². The van der Waals surface area contributed by atoms with Gasteiger partial charge in [0.05, 0.1) is 0 Å². The predicted molar refractivity (Wildman–Crippen MR) is 80.4 cm³/mol. The van der Waals surface area contributed by atoms with Crippen LogP contribution in [-0.4, -0.2) is 0 Å². The third-order valence-electron chi connectivity index (χ3n) is 4.24. The first-order valence-corrected chi connectivity index (χ1v) is 7.05. The van der Waals surface area contributed by atoms with Crippen LogP contribution in [-0.2, 0) is 6.54 Å². The van der Waals surface area contributed by atoms with Gasteiger partial charge in [-0.15, -0.1) is 0 Å². The van der Waals surface area contributed by atoms with Crippen molar-refractivity contribution in [1.29, 1.82) is 0 Å². The van der Waals surface area contributed by atoms with Crippen LogP contribution in [0.4, 0.5) is 0 Å². The van der Waals surface area contributed by atoms with Gasteiger partial charge in [-0.1, -0.05) is 55.0 Å². The van der Waals surface area contributed by atoms with E-state index in [2.05, 4.69) is 68.6 Å². The first kappa shape index (κ1) is 12.4. The van der Waals surface area contributed by atoms with Gasteiger partial charge >= 0.3 is 0 Å². The van der Waals surface area contributed by atoms with Crippen LogP contribution in [0.2, 0.25) is 0 Å². The highest BCUT2D eigenvalue weighted by Crippen LogP contribution is 2.38. The summed E-state index contributed by atoms with van der Waals surface area (Å²) in [5.41, 5.74) is 7.20. The van der Waals surface area contributed by atoms with Gasteiger partial charge in [-0.2, -0.15) is 0 Å². The summed E-state index contributed by atoms with van der Waals surface area (Å²) in [7, 11) is 0. The summed E-state index contributed by atoms with van der Waals surface area (Å²) in [6, 6.07) is 15.8. The van der Waals surface area contributed by atoms with Crippen LogP contribution in [0.3, 0.4) is 0 Å². The van der Waals surface area contributed by atoms with Gasteiger partial charge in [0.25, 0.3) is 0 Å². The van der Waals surface area contributed by atoms with Crippen molar-refractivity contribution in [3.8, 4) is 0 Å². The molecule has 0 amide bonds. The molecular formula is C18H21N. The van der Waals surface area contributed by atoms with Crippen molar-refractivity contribution >= 4 is 0 Å². The summed E-state index contributed by atoms with van der Waals surface area (Å²) in [5.74, 6) is 0.520. The second-order valence-corrected chi connectivity index (χ2v) is 5.71. The number of hydrogen-bond donors (Lipinski definition) is 1. The van der Waals surface area contributed by atoms with Gasteiger partial charge in [0.15, 0.2) is 0 Å². The Balaban J connectivity index is 2.03. The normalized spacial score (nSPS) is 22.1. The molecule has 2 atom stereocenters. The maximum absolute atomic E-state index is 3.70. The number of fused-ring (bicyclic) bond motifs is 1. The van der Waals surface area contributed by atoms with E-state index in [1.54, 1.807) is 5.56 Å². The van der Waals surface area contributed by atoms with Crippen LogP contribution in [0.15, 0.2) is 42.5 Å². The molecule has 3 rings (SSSR count). The molecule has 1 N–H and O–H groups in total. The van der Waals surface area contributed by atoms with E-state index in [0.29, 0.717) is 12.0 Å². The predicted octanol–water partition coefficient (Wildman–Crippen LogP) is 4.25. The SMILES string of the molecule is Cc1cc(C)c2c(c1)CNC(c1ccccc1)C2C. The third kappa shape index (κ3) is 2.19. The van der Waals surface area contributed by atoms with E-state index in [1.807, 2.05) is 0 Å². The van der Waals surface area contributed by atoms with Gasteiger partial charge in [-0.25, -0.2) is 0 Å². The first-order chi connectivity index (χ1) is 9.16. The van der Waals surface area contributed by atoms with Crippen molar-refractivity contribution in [3.05, 3.63) is 70.3 Å². The Hall–Kier alpha value is -1.60. The molecule has 0 aliphatic carbocycles. The molecule has 1 aliphatic heterocycles. The van der Waals surface area contributed by atoms with Gasteiger partial charge in [-0.05, 0) is 36.1 Å². The number of rotatable bonds is 1. The average molecular weight is 251 g/mol. The van der Waals surface area contributed by atoms with Gasteiger partial charge in [0.1, 0.15) is 0 Å². The maximum atomic E-state index is 3.70. The van der Waals surface area contributed by atoms with Crippen LogP contribution >= 0.6 is 0 Å². The molecule has 0 radical (unpaired) electrons. The van der Waals surface area contributed by atoms with E-state index in [0.717, 1.165) is 6.54 Å². The summed E-state index contributed by atoms with van der Waals surface area (Å²) in [6.07, 6.45) is 0. The average Bonchev–Trinajstić information content (AvgIpc) is 2.39. The molecule has 1 heterocycles. The Kier molecular flexibility index (Phi) is 3.16. The minimum Gasteiger partial charge on any atom is -0.305 e. The molecule has 0 spiro atoms. The van der Waals surface area contributed by atoms with Gasteiger partial charge in [-0.3, -0.25) is 0 Å². The van der Waals surface area contributed by atoms with Crippen LogP contribution in [0.1, 0.15) is 46.7 Å². The molecular weight excluding hydrogens is 230 g/mol. The summed E-state index contributed by atoms with van der Waals surface area (Å²) in [4.78, 5) is 0. The summed E-state index contributed by atoms with van der Waals surface area (Å²) >= 11 is 0. The molecule has 0 saturated heterocycles. The lowest BCUT2D eigenvalue weighted by molar-refractivity contribution is 0.432. The lowest BCUT2D eigenvalue weighted by Gasteiger charge is -2.34. The lowest BCUT2D eigenvalue weighted by atomic mass is 9.80. The molecule has 1 nitrogen and oxygen atoms in total. The van der Waals surface area contributed by atoms with Crippen LogP contribution in [0, 0.1) is 13.8 Å². The molecule has 2 aromatic carbocycles. The van der Waals surface area contributed by atoms with Gasteiger partial charge < -0.3 is 5.32 Å². The van der Waals surface area contributed by atoms with E-state index < -0.39 is 0 Å². The Morgan fingerprint density at radius 1 is 1.05 bits per heavy atom. The van der Waals surface area contributed by atoms with E-state index in [1.165, 1.54) is 22.3 Å². The van der Waals surface area contributed by atoms with Crippen LogP contribution in [0.5, 0.6) is 0 Å². The van der Waals surface area contributed by atoms with E-state index in [4.69, 9.17) is 0 Å². The Labute approximate surface area is 115 Å². The minimum atomic E-state index is 0.426. The highest BCUT2D eigenvalue weighted by Gasteiger charge is 2.28. The van der Waals surface area contributed by atoms with Crippen molar-refractivity contribution in [2.75, 3.05) is 0 Å². The molecule has 2 unspecified atom stereocenters. The Morgan fingerprint density at radius 3 is 2.53 bits per heavy atom. The highest BCUT2D eigenvalue weighted by molar-refractivity contribution is 5.44. The standard InChI is InChI=1S/C18H21N/c1-12-9-13(2)17-14(3)18(19-11-16(17)10-12)15-7-5-4-6-8-15/h4-10,14,18-19H,11H2,1-3H3. The topological polar surface area (TPSA) is 12.0 Å². The zero-order chi connectivity index (χ0) is 13.4. The summed E-state index contributed by atoms with van der Waals surface area (Å²) in [6.45, 7) is 7.74. The quantitative estimate of drug-likeness (QED) is 0.799. The molecule has 0 fully saturated rings. The smallest absolute Gasteiger partial charge is 0.0389 e. The monoisotopic (exact) mass is 251 g/mol. The molecule has 1 heteroatoms. The fourth-order valence-electron chi connectivity index (χ4n) is 3.49. The summed E-state index contributed by atoms with van der Waals surface area (Å²) < 4.78 is 0. The second kappa shape index (κ2) is 4.82. The fourth-order valence-corrected chi connectivity index (χ4v) is 3.49. The van der Waals surface area contributed by atoms with Crippen LogP contribution in [0.25, 0.3) is 0 Å². The zero-order valence-electron chi connectivity index (χ0n) is 11.9. The van der Waals surface area contributed by atoms with Gasteiger partial charge in [0.2, 0.25) is 0 Å². The Morgan fingerprint density at radius 2 is 1.79 bits per heavy atom. The summed E-state index contributed by atoms with van der Waals surface area (Å²) in [5, 5.41) is 3.70. The maximum Gasteiger partial charge on any atom is 0.0389 e. The van der Waals surface area contributed by atoms with Crippen molar-refractivity contribution in [2.24, 2.45) is 0 Å². The molecule has 98 valence electrons. The highest BCUT2D eigenvalue weighted by atomic mass is 14.9. The number of hydrogen-bond acceptors (Lipinski definition) is 1. The van der Waals surface area contributed by atoms with E-state index in [9.17, 15) is 0 Å². The molecule has 0 bridgehead atoms. The minimum absolute atomic E-state index is 0.426. The third-order valence-corrected chi connectivity index (χ3v) is 4.24. The second-order valence-electron chi connectivity index (χ2n) is 5.71. The van der Waals surface area contributed by atoms with Crippen molar-refractivity contribution < 1.29 is 0 Å². The zero-order valence-corrected chi connectivity index (χ0v) is 11.9. The largest absolute Gasteiger partial charge is 0.305 e. The van der Waals surface area contributed by atoms with Crippen molar-refractivity contribution in [3.63, 3.8) is 0 Å². The Bertz CT molecular complexity index is 586. The number of benzene rings is 2. The van der Waals surface area contributed by atoms with Crippen molar-refractivity contribution in [1.82, 2.24) is 5.32 Å². The number of aryl methyl sites for hydroxylation is 2. The molecule has 0 aromatic heterocycles. The van der Waals surface area contributed by atoms with E-state index >= 15 is 0 Å². The first-order valence-electron chi connectivity index (χ1n) is 7.05.